The standard InChI is InChI=1S/C16H15FO2/c1-10-8-12(11(2)18)9-14(16(10)17)13-6-4-5-7-15(13)19-3/h4-9H,1-3H3. The van der Waals surface area contributed by atoms with E-state index in [2.05, 4.69) is 0 Å². The fourth-order valence-corrected chi connectivity index (χ4v) is 2.04. The molecule has 98 valence electrons. The minimum atomic E-state index is -0.325. The quantitative estimate of drug-likeness (QED) is 0.777. The summed E-state index contributed by atoms with van der Waals surface area (Å²) in [6.45, 7) is 3.12. The predicted octanol–water partition coefficient (Wildman–Crippen LogP) is 4.01. The first-order valence-corrected chi connectivity index (χ1v) is 5.99. The van der Waals surface area contributed by atoms with E-state index < -0.39 is 0 Å². The molecule has 2 aromatic carbocycles. The largest absolute Gasteiger partial charge is 0.496 e. The van der Waals surface area contributed by atoms with Crippen LogP contribution in [0.2, 0.25) is 0 Å². The summed E-state index contributed by atoms with van der Waals surface area (Å²) in [5.74, 6) is 0.176. The molecule has 0 N–H and O–H groups in total. The molecule has 0 aromatic heterocycles. The topological polar surface area (TPSA) is 26.3 Å². The van der Waals surface area contributed by atoms with E-state index in [0.29, 0.717) is 28.0 Å². The van der Waals surface area contributed by atoms with E-state index in [0.717, 1.165) is 0 Å². The van der Waals surface area contributed by atoms with Gasteiger partial charge in [-0.1, -0.05) is 18.2 Å². The summed E-state index contributed by atoms with van der Waals surface area (Å²) in [5, 5.41) is 0. The first-order chi connectivity index (χ1) is 9.04. The molecule has 19 heavy (non-hydrogen) atoms. The summed E-state index contributed by atoms with van der Waals surface area (Å²) < 4.78 is 19.5. The Morgan fingerprint density at radius 1 is 1.16 bits per heavy atom. The van der Waals surface area contributed by atoms with Crippen molar-refractivity contribution in [1.29, 1.82) is 0 Å². The molecule has 0 aliphatic rings. The monoisotopic (exact) mass is 258 g/mol. The van der Waals surface area contributed by atoms with Crippen LogP contribution in [0, 0.1) is 12.7 Å². The van der Waals surface area contributed by atoms with E-state index in [1.54, 1.807) is 38.3 Å². The number of rotatable bonds is 3. The van der Waals surface area contributed by atoms with Gasteiger partial charge in [0, 0.05) is 16.7 Å². The van der Waals surface area contributed by atoms with E-state index in [1.165, 1.54) is 6.92 Å². The van der Waals surface area contributed by atoms with E-state index >= 15 is 0 Å². The second-order valence-corrected chi connectivity index (χ2v) is 4.41. The second-order valence-electron chi connectivity index (χ2n) is 4.41. The Morgan fingerprint density at radius 3 is 2.47 bits per heavy atom. The summed E-state index contributed by atoms with van der Waals surface area (Å²) >= 11 is 0. The van der Waals surface area contributed by atoms with E-state index in [-0.39, 0.29) is 11.6 Å². The molecule has 0 bridgehead atoms. The van der Waals surface area contributed by atoms with Crippen LogP contribution in [0.5, 0.6) is 5.75 Å². The number of hydrogen-bond acceptors (Lipinski definition) is 2. The lowest BCUT2D eigenvalue weighted by Gasteiger charge is -2.12. The van der Waals surface area contributed by atoms with Crippen LogP contribution in [0.1, 0.15) is 22.8 Å². The zero-order valence-electron chi connectivity index (χ0n) is 11.2. The van der Waals surface area contributed by atoms with Crippen LogP contribution in [-0.4, -0.2) is 12.9 Å². The minimum Gasteiger partial charge on any atom is -0.496 e. The molecule has 2 aromatic rings. The van der Waals surface area contributed by atoms with Crippen LogP contribution in [0.25, 0.3) is 11.1 Å². The van der Waals surface area contributed by atoms with Gasteiger partial charge < -0.3 is 4.74 Å². The van der Waals surface area contributed by atoms with Gasteiger partial charge in [-0.25, -0.2) is 4.39 Å². The first kappa shape index (κ1) is 13.3. The van der Waals surface area contributed by atoms with Crippen molar-refractivity contribution >= 4 is 5.78 Å². The lowest BCUT2D eigenvalue weighted by atomic mass is 9.97. The number of ketones is 1. The summed E-state index contributed by atoms with van der Waals surface area (Å²) in [7, 11) is 1.54. The molecular weight excluding hydrogens is 243 g/mol. The normalized spacial score (nSPS) is 10.3. The molecular formula is C16H15FO2. The second kappa shape index (κ2) is 5.22. The smallest absolute Gasteiger partial charge is 0.159 e. The summed E-state index contributed by atoms with van der Waals surface area (Å²) in [4.78, 5) is 11.5. The number of carbonyl (C=O) groups is 1. The Hall–Kier alpha value is -2.16. The third-order valence-electron chi connectivity index (χ3n) is 3.06. The third kappa shape index (κ3) is 2.50. The van der Waals surface area contributed by atoms with Crippen LogP contribution in [-0.2, 0) is 0 Å². The van der Waals surface area contributed by atoms with E-state index in [4.69, 9.17) is 4.74 Å². The fourth-order valence-electron chi connectivity index (χ4n) is 2.04. The van der Waals surface area contributed by atoms with Gasteiger partial charge in [0.1, 0.15) is 11.6 Å². The highest BCUT2D eigenvalue weighted by atomic mass is 19.1. The molecule has 3 heteroatoms. The van der Waals surface area contributed by atoms with Gasteiger partial charge in [0.05, 0.1) is 7.11 Å². The summed E-state index contributed by atoms with van der Waals surface area (Å²) in [6, 6.07) is 10.3. The molecule has 0 heterocycles. The van der Waals surface area contributed by atoms with Crippen molar-refractivity contribution < 1.29 is 13.9 Å². The van der Waals surface area contributed by atoms with Crippen LogP contribution < -0.4 is 4.74 Å². The number of benzene rings is 2. The maximum absolute atomic E-state index is 14.3. The number of para-hydroxylation sites is 1. The Morgan fingerprint density at radius 2 is 1.84 bits per heavy atom. The van der Waals surface area contributed by atoms with Crippen molar-refractivity contribution in [1.82, 2.24) is 0 Å². The number of aryl methyl sites for hydroxylation is 1. The lowest BCUT2D eigenvalue weighted by Crippen LogP contribution is -1.98. The molecule has 0 spiro atoms. The van der Waals surface area contributed by atoms with Crippen molar-refractivity contribution in [2.45, 2.75) is 13.8 Å². The highest BCUT2D eigenvalue weighted by Crippen LogP contribution is 2.33. The van der Waals surface area contributed by atoms with E-state index in [1.807, 2.05) is 12.1 Å². The van der Waals surface area contributed by atoms with Gasteiger partial charge in [0.2, 0.25) is 0 Å². The van der Waals surface area contributed by atoms with Crippen molar-refractivity contribution in [2.24, 2.45) is 0 Å². The van der Waals surface area contributed by atoms with Gasteiger partial charge in [0.15, 0.2) is 5.78 Å². The van der Waals surface area contributed by atoms with Crippen molar-refractivity contribution in [3.63, 3.8) is 0 Å². The third-order valence-corrected chi connectivity index (χ3v) is 3.06. The number of methoxy groups -OCH3 is 1. The Labute approximate surface area is 111 Å². The summed E-state index contributed by atoms with van der Waals surface area (Å²) in [6.07, 6.45) is 0. The minimum absolute atomic E-state index is 0.0840. The van der Waals surface area contributed by atoms with Gasteiger partial charge in [-0.15, -0.1) is 0 Å². The highest BCUT2D eigenvalue weighted by molar-refractivity contribution is 5.96. The fraction of sp³-hybridized carbons (Fsp3) is 0.188. The maximum Gasteiger partial charge on any atom is 0.159 e. The van der Waals surface area contributed by atoms with Crippen LogP contribution in [0.15, 0.2) is 36.4 Å². The molecule has 0 fully saturated rings. The number of ether oxygens (including phenoxy) is 1. The van der Waals surface area contributed by atoms with Crippen LogP contribution in [0.3, 0.4) is 0 Å². The molecule has 0 unspecified atom stereocenters. The number of hydrogen-bond donors (Lipinski definition) is 0. The molecule has 0 atom stereocenters. The molecule has 2 nitrogen and oxygen atoms in total. The highest BCUT2D eigenvalue weighted by Gasteiger charge is 2.14. The maximum atomic E-state index is 14.3. The molecule has 0 amide bonds. The predicted molar refractivity (Wildman–Crippen MR) is 73.1 cm³/mol. The molecule has 2 rings (SSSR count). The van der Waals surface area contributed by atoms with Crippen molar-refractivity contribution in [2.75, 3.05) is 7.11 Å². The Bertz CT molecular complexity index is 633. The molecule has 0 saturated carbocycles. The number of halogens is 1. The van der Waals surface area contributed by atoms with Crippen LogP contribution >= 0.6 is 0 Å². The molecule has 0 saturated heterocycles. The molecule has 0 aliphatic heterocycles. The zero-order chi connectivity index (χ0) is 14.0. The number of carbonyl (C=O) groups excluding carboxylic acids is 1. The summed E-state index contributed by atoms with van der Waals surface area (Å²) in [5.41, 5.74) is 1.99. The zero-order valence-corrected chi connectivity index (χ0v) is 11.2. The number of Topliss-reactive ketones (excluding diaryl/α,β-unsaturated/α-hetero) is 1. The van der Waals surface area contributed by atoms with Crippen LogP contribution in [0.4, 0.5) is 4.39 Å². The lowest BCUT2D eigenvalue weighted by molar-refractivity contribution is 0.101. The van der Waals surface area contributed by atoms with Crippen molar-refractivity contribution in [3.05, 3.63) is 53.3 Å². The Balaban J connectivity index is 2.70. The Kier molecular flexibility index (Phi) is 3.65. The SMILES string of the molecule is COc1ccccc1-c1cc(C(C)=O)cc(C)c1F. The van der Waals surface area contributed by atoms with Gasteiger partial charge in [-0.2, -0.15) is 0 Å². The van der Waals surface area contributed by atoms with Gasteiger partial charge >= 0.3 is 0 Å². The first-order valence-electron chi connectivity index (χ1n) is 5.99. The van der Waals surface area contributed by atoms with E-state index in [9.17, 15) is 9.18 Å². The molecule has 0 radical (unpaired) electrons. The van der Waals surface area contributed by atoms with Gasteiger partial charge in [0.25, 0.3) is 0 Å². The van der Waals surface area contributed by atoms with Gasteiger partial charge in [-0.3, -0.25) is 4.79 Å². The molecule has 0 aliphatic carbocycles. The van der Waals surface area contributed by atoms with Crippen molar-refractivity contribution in [3.8, 4) is 16.9 Å². The average molecular weight is 258 g/mol. The van der Waals surface area contributed by atoms with Gasteiger partial charge in [-0.05, 0) is 37.6 Å². The average Bonchev–Trinajstić information content (AvgIpc) is 2.41.